The molecule has 4 rings (SSSR count). The van der Waals surface area contributed by atoms with Crippen molar-refractivity contribution in [2.45, 2.75) is 63.4 Å². The number of nitrogens with zero attached hydrogens (tertiary/aromatic N) is 4. The number of aliphatic hydroxyl groups is 1. The van der Waals surface area contributed by atoms with Gasteiger partial charge in [-0.3, -0.25) is 9.69 Å². The molecule has 2 aliphatic rings. The average molecular weight is 469 g/mol. The summed E-state index contributed by atoms with van der Waals surface area (Å²) in [6, 6.07) is 1.57. The predicted octanol–water partition coefficient (Wildman–Crippen LogP) is 2.53. The number of amides is 1. The Kier molecular flexibility index (Phi) is 6.81. The zero-order valence-electron chi connectivity index (χ0n) is 18.9. The standard InChI is InChI=1S/C22H31F3N6O2/c1-3-18(32)13-4-6-16(7-5-13)31-11-15(12-31)28-19(33)10-26-20-17-8-14(22(23,24)25)9-27-21(17)30(2)29-20/h8-9,13,15-16,18,32H,3-7,10-12H2,1-2H3,(H,26,29)(H,28,33)/t13-,16+,18?. The number of aliphatic hydroxyl groups excluding tert-OH is 1. The molecular formula is C22H31F3N6O2. The monoisotopic (exact) mass is 468 g/mol. The molecule has 182 valence electrons. The number of aryl methyl sites for hydroxylation is 1. The van der Waals surface area contributed by atoms with E-state index in [0.29, 0.717) is 17.6 Å². The lowest BCUT2D eigenvalue weighted by molar-refractivity contribution is -0.137. The molecule has 2 fully saturated rings. The minimum Gasteiger partial charge on any atom is -0.393 e. The Balaban J connectivity index is 1.24. The zero-order valence-corrected chi connectivity index (χ0v) is 18.9. The van der Waals surface area contributed by atoms with Crippen LogP contribution in [0.15, 0.2) is 12.3 Å². The number of alkyl halides is 3. The van der Waals surface area contributed by atoms with E-state index in [0.717, 1.165) is 57.5 Å². The zero-order chi connectivity index (χ0) is 23.8. The van der Waals surface area contributed by atoms with Crippen molar-refractivity contribution >= 4 is 22.8 Å². The Morgan fingerprint density at radius 3 is 2.61 bits per heavy atom. The van der Waals surface area contributed by atoms with Crippen molar-refractivity contribution in [3.8, 4) is 0 Å². The first-order chi connectivity index (χ1) is 15.7. The molecule has 3 N–H and O–H groups in total. The number of aromatic nitrogens is 3. The number of carbonyl (C=O) groups is 1. The van der Waals surface area contributed by atoms with Gasteiger partial charge in [0.15, 0.2) is 11.5 Å². The number of rotatable bonds is 7. The van der Waals surface area contributed by atoms with Gasteiger partial charge in [-0.25, -0.2) is 9.67 Å². The SMILES string of the molecule is CCC(O)[C@H]1CC[C@@H](N2CC(NC(=O)CNc3nn(C)c4ncc(C(F)(F)F)cc34)C2)CC1. The lowest BCUT2D eigenvalue weighted by Crippen LogP contribution is -2.63. The van der Waals surface area contributed by atoms with Crippen molar-refractivity contribution < 1.29 is 23.1 Å². The Morgan fingerprint density at radius 2 is 1.97 bits per heavy atom. The summed E-state index contributed by atoms with van der Waals surface area (Å²) in [5, 5.41) is 20.2. The predicted molar refractivity (Wildman–Crippen MR) is 118 cm³/mol. The third-order valence-electron chi connectivity index (χ3n) is 6.92. The highest BCUT2D eigenvalue weighted by Gasteiger charge is 2.36. The highest BCUT2D eigenvalue weighted by molar-refractivity contribution is 5.90. The molecule has 1 aliphatic heterocycles. The second kappa shape index (κ2) is 9.46. The van der Waals surface area contributed by atoms with Crippen LogP contribution < -0.4 is 10.6 Å². The van der Waals surface area contributed by atoms with Gasteiger partial charge in [0.25, 0.3) is 0 Å². The number of hydrogen-bond acceptors (Lipinski definition) is 6. The van der Waals surface area contributed by atoms with Crippen LogP contribution in [0.5, 0.6) is 0 Å². The minimum absolute atomic E-state index is 0.0669. The first kappa shape index (κ1) is 23.7. The van der Waals surface area contributed by atoms with Crippen LogP contribution in [0.2, 0.25) is 0 Å². The quantitative estimate of drug-likeness (QED) is 0.578. The summed E-state index contributed by atoms with van der Waals surface area (Å²) in [7, 11) is 1.59. The van der Waals surface area contributed by atoms with E-state index in [4.69, 9.17) is 0 Å². The summed E-state index contributed by atoms with van der Waals surface area (Å²) >= 11 is 0. The molecule has 1 aliphatic carbocycles. The van der Waals surface area contributed by atoms with E-state index in [2.05, 4.69) is 25.6 Å². The Hall–Kier alpha value is -2.40. The van der Waals surface area contributed by atoms with Crippen LogP contribution in [-0.2, 0) is 18.0 Å². The van der Waals surface area contributed by atoms with Gasteiger partial charge in [0.2, 0.25) is 5.91 Å². The Bertz CT molecular complexity index is 980. The van der Waals surface area contributed by atoms with Gasteiger partial charge in [-0.05, 0) is 44.1 Å². The summed E-state index contributed by atoms with van der Waals surface area (Å²) in [4.78, 5) is 18.6. The van der Waals surface area contributed by atoms with Crippen molar-refractivity contribution in [1.82, 2.24) is 25.0 Å². The van der Waals surface area contributed by atoms with Crippen LogP contribution >= 0.6 is 0 Å². The summed E-state index contributed by atoms with van der Waals surface area (Å²) in [6.07, 6.45) is 1.11. The molecule has 1 atom stereocenters. The molecule has 2 aromatic heterocycles. The molecule has 0 spiro atoms. The Labute approximate surface area is 190 Å². The van der Waals surface area contributed by atoms with Gasteiger partial charge in [-0.1, -0.05) is 6.92 Å². The number of likely N-dealkylation sites (tertiary alicyclic amines) is 1. The molecule has 1 amide bonds. The second-order valence-electron chi connectivity index (χ2n) is 9.18. The van der Waals surface area contributed by atoms with Crippen LogP contribution in [0.25, 0.3) is 11.0 Å². The van der Waals surface area contributed by atoms with Crippen molar-refractivity contribution in [2.24, 2.45) is 13.0 Å². The number of fused-ring (bicyclic) bond motifs is 1. The number of hydrogen-bond donors (Lipinski definition) is 3. The highest BCUT2D eigenvalue weighted by Crippen LogP contribution is 2.33. The average Bonchev–Trinajstić information content (AvgIpc) is 3.08. The summed E-state index contributed by atoms with van der Waals surface area (Å²) in [5.41, 5.74) is -0.551. The number of carbonyl (C=O) groups excluding carboxylic acids is 1. The van der Waals surface area contributed by atoms with Crippen molar-refractivity contribution in [3.63, 3.8) is 0 Å². The summed E-state index contributed by atoms with van der Waals surface area (Å²) in [6.45, 7) is 3.52. The van der Waals surface area contributed by atoms with Gasteiger partial charge < -0.3 is 15.7 Å². The van der Waals surface area contributed by atoms with Crippen LogP contribution in [0.4, 0.5) is 19.0 Å². The van der Waals surface area contributed by atoms with Crippen LogP contribution in [0, 0.1) is 5.92 Å². The largest absolute Gasteiger partial charge is 0.417 e. The first-order valence-electron chi connectivity index (χ1n) is 11.5. The molecule has 11 heteroatoms. The van der Waals surface area contributed by atoms with E-state index < -0.39 is 11.7 Å². The number of anilines is 1. The number of nitrogens with one attached hydrogen (secondary N) is 2. The first-order valence-corrected chi connectivity index (χ1v) is 11.5. The van der Waals surface area contributed by atoms with E-state index in [-0.39, 0.29) is 35.8 Å². The third-order valence-corrected chi connectivity index (χ3v) is 6.92. The number of halogens is 3. The Morgan fingerprint density at radius 1 is 1.27 bits per heavy atom. The lowest BCUT2D eigenvalue weighted by atomic mass is 9.80. The molecule has 0 aromatic carbocycles. The second-order valence-corrected chi connectivity index (χ2v) is 9.18. The molecule has 3 heterocycles. The van der Waals surface area contributed by atoms with Gasteiger partial charge in [0.05, 0.1) is 29.6 Å². The van der Waals surface area contributed by atoms with Crippen molar-refractivity contribution in [1.29, 1.82) is 0 Å². The van der Waals surface area contributed by atoms with Gasteiger partial charge in [-0.2, -0.15) is 18.3 Å². The molecule has 1 unspecified atom stereocenters. The van der Waals surface area contributed by atoms with Gasteiger partial charge in [0.1, 0.15) is 0 Å². The third kappa shape index (κ3) is 5.24. The van der Waals surface area contributed by atoms with E-state index in [1.165, 1.54) is 4.68 Å². The number of pyridine rings is 1. The minimum atomic E-state index is -4.50. The fourth-order valence-corrected chi connectivity index (χ4v) is 4.96. The molecule has 2 aromatic rings. The normalized spacial score (nSPS) is 23.3. The fourth-order valence-electron chi connectivity index (χ4n) is 4.96. The van der Waals surface area contributed by atoms with Crippen molar-refractivity contribution in [2.75, 3.05) is 25.0 Å². The van der Waals surface area contributed by atoms with Crippen LogP contribution in [-0.4, -0.2) is 68.5 Å². The van der Waals surface area contributed by atoms with Crippen LogP contribution in [0.1, 0.15) is 44.6 Å². The van der Waals surface area contributed by atoms with Gasteiger partial charge >= 0.3 is 6.18 Å². The van der Waals surface area contributed by atoms with E-state index in [1.807, 2.05) is 6.92 Å². The maximum atomic E-state index is 13.0. The smallest absolute Gasteiger partial charge is 0.393 e. The molecular weight excluding hydrogens is 437 g/mol. The maximum absolute atomic E-state index is 13.0. The summed E-state index contributed by atoms with van der Waals surface area (Å²) < 4.78 is 40.5. The molecule has 0 radical (unpaired) electrons. The molecule has 33 heavy (non-hydrogen) atoms. The van der Waals surface area contributed by atoms with E-state index in [1.54, 1.807) is 7.05 Å². The molecule has 1 saturated carbocycles. The van der Waals surface area contributed by atoms with Gasteiger partial charge in [0, 0.05) is 32.4 Å². The maximum Gasteiger partial charge on any atom is 0.417 e. The molecule has 1 saturated heterocycles. The lowest BCUT2D eigenvalue weighted by Gasteiger charge is -2.47. The molecule has 0 bridgehead atoms. The van der Waals surface area contributed by atoms with Gasteiger partial charge in [-0.15, -0.1) is 0 Å². The molecule has 8 nitrogen and oxygen atoms in total. The topological polar surface area (TPSA) is 95.3 Å². The van der Waals surface area contributed by atoms with E-state index in [9.17, 15) is 23.1 Å². The van der Waals surface area contributed by atoms with Crippen LogP contribution in [0.3, 0.4) is 0 Å². The van der Waals surface area contributed by atoms with Crippen molar-refractivity contribution in [3.05, 3.63) is 17.8 Å². The highest BCUT2D eigenvalue weighted by atomic mass is 19.4. The van der Waals surface area contributed by atoms with E-state index >= 15 is 0 Å². The fraction of sp³-hybridized carbons (Fsp3) is 0.682. The summed E-state index contributed by atoms with van der Waals surface area (Å²) in [5.74, 6) is 0.370.